The van der Waals surface area contributed by atoms with E-state index in [-0.39, 0.29) is 5.76 Å². The molecule has 0 atom stereocenters. The molecule has 4 heteroatoms. The number of aromatic carboxylic acids is 1. The molecule has 0 saturated carbocycles. The third-order valence-corrected chi connectivity index (χ3v) is 2.77. The molecule has 4 nitrogen and oxygen atoms in total. The molecule has 18 heavy (non-hydrogen) atoms. The number of carboxylic acids is 1. The van der Waals surface area contributed by atoms with Crippen LogP contribution in [0.1, 0.15) is 28.6 Å². The van der Waals surface area contributed by atoms with E-state index in [9.17, 15) is 4.79 Å². The summed E-state index contributed by atoms with van der Waals surface area (Å²) < 4.78 is 5.13. The van der Waals surface area contributed by atoms with Crippen molar-refractivity contribution in [3.63, 3.8) is 0 Å². The summed E-state index contributed by atoms with van der Waals surface area (Å²) in [4.78, 5) is 10.7. The van der Waals surface area contributed by atoms with Gasteiger partial charge >= 0.3 is 5.97 Å². The molecule has 0 aliphatic heterocycles. The lowest BCUT2D eigenvalue weighted by molar-refractivity contribution is 0.0663. The first-order valence-electron chi connectivity index (χ1n) is 5.84. The molecule has 0 fully saturated rings. The number of benzene rings is 1. The smallest absolute Gasteiger partial charge is 0.371 e. The Kier molecular flexibility index (Phi) is 3.67. The zero-order valence-corrected chi connectivity index (χ0v) is 10.1. The normalized spacial score (nSPS) is 10.3. The van der Waals surface area contributed by atoms with Crippen molar-refractivity contribution in [2.45, 2.75) is 19.9 Å². The first kappa shape index (κ1) is 12.2. The lowest BCUT2D eigenvalue weighted by Gasteiger charge is -2.08. The van der Waals surface area contributed by atoms with Crippen molar-refractivity contribution in [2.24, 2.45) is 0 Å². The maximum atomic E-state index is 10.7. The predicted octanol–water partition coefficient (Wildman–Crippen LogP) is 3.15. The highest BCUT2D eigenvalue weighted by atomic mass is 16.4. The first-order chi connectivity index (χ1) is 8.70. The Bertz CT molecular complexity index is 545. The molecule has 0 bridgehead atoms. The molecular weight excluding hydrogens is 230 g/mol. The molecule has 0 amide bonds. The minimum Gasteiger partial charge on any atom is -0.475 e. The molecule has 0 aliphatic rings. The van der Waals surface area contributed by atoms with E-state index in [2.05, 4.69) is 18.3 Å². The molecule has 1 aromatic carbocycles. The molecule has 0 aliphatic carbocycles. The highest BCUT2D eigenvalue weighted by Crippen LogP contribution is 2.16. The number of nitrogens with one attached hydrogen (secondary N) is 1. The Morgan fingerprint density at radius 3 is 2.56 bits per heavy atom. The summed E-state index contributed by atoms with van der Waals surface area (Å²) >= 11 is 0. The van der Waals surface area contributed by atoms with Gasteiger partial charge in [0.15, 0.2) is 5.88 Å². The average molecular weight is 245 g/mol. The van der Waals surface area contributed by atoms with Crippen LogP contribution >= 0.6 is 0 Å². The zero-order valence-electron chi connectivity index (χ0n) is 10.1. The summed E-state index contributed by atoms with van der Waals surface area (Å²) in [5, 5.41) is 11.8. The molecule has 0 saturated heterocycles. The molecule has 0 spiro atoms. The van der Waals surface area contributed by atoms with Crippen LogP contribution in [0.5, 0.6) is 0 Å². The van der Waals surface area contributed by atoms with Crippen molar-refractivity contribution in [3.8, 4) is 0 Å². The summed E-state index contributed by atoms with van der Waals surface area (Å²) in [7, 11) is 0. The van der Waals surface area contributed by atoms with Gasteiger partial charge in [0.05, 0.1) is 0 Å². The molecular formula is C14H15NO3. The number of aryl methyl sites for hydroxylation is 1. The number of rotatable bonds is 5. The summed E-state index contributed by atoms with van der Waals surface area (Å²) in [5.41, 5.74) is 2.46. The van der Waals surface area contributed by atoms with Gasteiger partial charge in [-0.3, -0.25) is 0 Å². The number of hydrogen-bond acceptors (Lipinski definition) is 3. The van der Waals surface area contributed by atoms with Gasteiger partial charge in [-0.1, -0.05) is 31.2 Å². The van der Waals surface area contributed by atoms with Crippen molar-refractivity contribution in [1.82, 2.24) is 0 Å². The lowest BCUT2D eigenvalue weighted by Crippen LogP contribution is -2.01. The fraction of sp³-hybridized carbons (Fsp3) is 0.214. The Labute approximate surface area is 105 Å². The van der Waals surface area contributed by atoms with Crippen LogP contribution in [0.15, 0.2) is 40.8 Å². The summed E-state index contributed by atoms with van der Waals surface area (Å²) in [6.07, 6.45) is 0.969. The van der Waals surface area contributed by atoms with Gasteiger partial charge in [0, 0.05) is 12.6 Å². The fourth-order valence-corrected chi connectivity index (χ4v) is 1.81. The van der Waals surface area contributed by atoms with Crippen molar-refractivity contribution >= 4 is 11.9 Å². The molecule has 1 aromatic heterocycles. The van der Waals surface area contributed by atoms with Gasteiger partial charge < -0.3 is 14.8 Å². The Hall–Kier alpha value is -2.23. The largest absolute Gasteiger partial charge is 0.475 e. The first-order valence-corrected chi connectivity index (χ1v) is 5.84. The zero-order chi connectivity index (χ0) is 13.0. The number of anilines is 1. The Morgan fingerprint density at radius 1 is 1.22 bits per heavy atom. The molecule has 2 rings (SSSR count). The van der Waals surface area contributed by atoms with E-state index >= 15 is 0 Å². The summed E-state index contributed by atoms with van der Waals surface area (Å²) in [6.45, 7) is 2.73. The summed E-state index contributed by atoms with van der Waals surface area (Å²) in [6, 6.07) is 11.2. The monoisotopic (exact) mass is 245 g/mol. The average Bonchev–Trinajstić information content (AvgIpc) is 2.85. The lowest BCUT2D eigenvalue weighted by atomic mass is 10.1. The highest BCUT2D eigenvalue weighted by Gasteiger charge is 2.08. The quantitative estimate of drug-likeness (QED) is 0.849. The maximum Gasteiger partial charge on any atom is 0.371 e. The number of furan rings is 1. The minimum absolute atomic E-state index is 0.0544. The van der Waals surface area contributed by atoms with Crippen molar-refractivity contribution in [3.05, 3.63) is 53.3 Å². The second-order valence-corrected chi connectivity index (χ2v) is 3.94. The molecule has 2 N–H and O–H groups in total. The molecule has 2 aromatic rings. The van der Waals surface area contributed by atoms with Gasteiger partial charge in [0.1, 0.15) is 0 Å². The van der Waals surface area contributed by atoms with Gasteiger partial charge in [0.25, 0.3) is 0 Å². The third-order valence-electron chi connectivity index (χ3n) is 2.77. The van der Waals surface area contributed by atoms with Crippen LogP contribution in [-0.4, -0.2) is 11.1 Å². The van der Waals surface area contributed by atoms with E-state index in [1.165, 1.54) is 17.2 Å². The van der Waals surface area contributed by atoms with E-state index in [0.29, 0.717) is 12.4 Å². The van der Waals surface area contributed by atoms with Gasteiger partial charge in [-0.25, -0.2) is 4.79 Å². The van der Waals surface area contributed by atoms with Crippen LogP contribution in [0, 0.1) is 0 Å². The van der Waals surface area contributed by atoms with Crippen molar-refractivity contribution < 1.29 is 14.3 Å². The predicted molar refractivity (Wildman–Crippen MR) is 68.8 cm³/mol. The van der Waals surface area contributed by atoms with E-state index in [0.717, 1.165) is 6.42 Å². The van der Waals surface area contributed by atoms with Gasteiger partial charge in [-0.05, 0) is 23.6 Å². The second-order valence-electron chi connectivity index (χ2n) is 3.94. The number of carbonyl (C=O) groups is 1. The SMILES string of the molecule is CCc1ccccc1CNc1ccc(C(=O)O)o1. The fourth-order valence-electron chi connectivity index (χ4n) is 1.81. The third kappa shape index (κ3) is 2.71. The van der Waals surface area contributed by atoms with Crippen LogP contribution in [0.25, 0.3) is 0 Å². The second kappa shape index (κ2) is 5.40. The Balaban J connectivity index is 2.04. The number of carboxylic acid groups (broad SMARTS) is 1. The van der Waals surface area contributed by atoms with Gasteiger partial charge in [0.2, 0.25) is 5.76 Å². The van der Waals surface area contributed by atoms with Crippen LogP contribution in [0.4, 0.5) is 5.88 Å². The molecule has 0 radical (unpaired) electrons. The van der Waals surface area contributed by atoms with Crippen LogP contribution in [-0.2, 0) is 13.0 Å². The van der Waals surface area contributed by atoms with Gasteiger partial charge in [-0.15, -0.1) is 0 Å². The van der Waals surface area contributed by atoms with Crippen LogP contribution in [0.3, 0.4) is 0 Å². The highest BCUT2D eigenvalue weighted by molar-refractivity contribution is 5.84. The Morgan fingerprint density at radius 2 is 1.94 bits per heavy atom. The van der Waals surface area contributed by atoms with E-state index in [1.807, 2.05) is 18.2 Å². The molecule has 1 heterocycles. The van der Waals surface area contributed by atoms with Crippen LogP contribution in [0.2, 0.25) is 0 Å². The molecule has 94 valence electrons. The topological polar surface area (TPSA) is 62.5 Å². The number of hydrogen-bond donors (Lipinski definition) is 2. The van der Waals surface area contributed by atoms with E-state index in [1.54, 1.807) is 6.07 Å². The van der Waals surface area contributed by atoms with Gasteiger partial charge in [-0.2, -0.15) is 0 Å². The maximum absolute atomic E-state index is 10.7. The van der Waals surface area contributed by atoms with Crippen LogP contribution < -0.4 is 5.32 Å². The summed E-state index contributed by atoms with van der Waals surface area (Å²) in [5.74, 6) is -0.642. The molecule has 0 unspecified atom stereocenters. The van der Waals surface area contributed by atoms with Crippen molar-refractivity contribution in [2.75, 3.05) is 5.32 Å². The minimum atomic E-state index is -1.06. The van der Waals surface area contributed by atoms with E-state index < -0.39 is 5.97 Å². The standard InChI is InChI=1S/C14H15NO3/c1-2-10-5-3-4-6-11(10)9-15-13-8-7-12(18-13)14(16)17/h3-8,15H,2,9H2,1H3,(H,16,17). The van der Waals surface area contributed by atoms with E-state index in [4.69, 9.17) is 9.52 Å². The van der Waals surface area contributed by atoms with Crippen molar-refractivity contribution in [1.29, 1.82) is 0 Å².